The molecule has 0 N–H and O–H groups in total. The number of nitrogens with zero attached hydrogens (tertiary/aromatic N) is 2. The fourth-order valence-corrected chi connectivity index (χ4v) is 2.35. The zero-order valence-corrected chi connectivity index (χ0v) is 12.3. The molecule has 0 bridgehead atoms. The number of carbonyl (C=O) groups excluding carboxylic acids is 1. The number of carbonyl (C=O) groups is 1. The van der Waals surface area contributed by atoms with E-state index in [1.165, 1.54) is 0 Å². The summed E-state index contributed by atoms with van der Waals surface area (Å²) in [6, 6.07) is 6.92. The van der Waals surface area contributed by atoms with Crippen LogP contribution in [0.1, 0.15) is 28.7 Å². The normalized spacial score (nSPS) is 10.7. The Bertz CT molecular complexity index is 620. The highest BCUT2D eigenvalue weighted by atomic mass is 35.5. The lowest BCUT2D eigenvalue weighted by Gasteiger charge is -2.05. The molecule has 0 aliphatic rings. The molecule has 19 heavy (non-hydrogen) atoms. The second-order valence-electron chi connectivity index (χ2n) is 4.27. The first kappa shape index (κ1) is 14.1. The fraction of sp³-hybridized carbons (Fsp3) is 0.286. The van der Waals surface area contributed by atoms with E-state index in [9.17, 15) is 4.79 Å². The van der Waals surface area contributed by atoms with E-state index in [-0.39, 0.29) is 12.2 Å². The number of Topliss-reactive ketones (excluding diaryl/α,β-unsaturated/α-hetero) is 1. The first-order valence-corrected chi connectivity index (χ1v) is 6.79. The summed E-state index contributed by atoms with van der Waals surface area (Å²) in [5, 5.41) is 5.42. The van der Waals surface area contributed by atoms with E-state index in [2.05, 4.69) is 5.10 Å². The maximum atomic E-state index is 12.2. The highest BCUT2D eigenvalue weighted by Gasteiger charge is 2.17. The van der Waals surface area contributed by atoms with Gasteiger partial charge in [-0.15, -0.1) is 0 Å². The maximum absolute atomic E-state index is 12.2. The molecule has 0 saturated carbocycles. The van der Waals surface area contributed by atoms with Gasteiger partial charge < -0.3 is 0 Å². The predicted octanol–water partition coefficient (Wildman–Crippen LogP) is 3.94. The summed E-state index contributed by atoms with van der Waals surface area (Å²) in [6.45, 7) is 4.49. The Hall–Kier alpha value is -1.32. The van der Waals surface area contributed by atoms with Crippen molar-refractivity contribution in [2.24, 2.45) is 0 Å². The van der Waals surface area contributed by atoms with Crippen LogP contribution in [0.5, 0.6) is 0 Å². The lowest BCUT2D eigenvalue weighted by Crippen LogP contribution is -2.10. The van der Waals surface area contributed by atoms with Crippen LogP contribution >= 0.6 is 23.2 Å². The van der Waals surface area contributed by atoms with Gasteiger partial charge in [0.1, 0.15) is 0 Å². The molecule has 5 heteroatoms. The van der Waals surface area contributed by atoms with Gasteiger partial charge >= 0.3 is 0 Å². The quantitative estimate of drug-likeness (QED) is 0.801. The minimum Gasteiger partial charge on any atom is -0.294 e. The average Bonchev–Trinajstić information content (AvgIpc) is 2.66. The minimum absolute atomic E-state index is 0.0148. The molecule has 100 valence electrons. The van der Waals surface area contributed by atoms with E-state index in [0.29, 0.717) is 22.2 Å². The lowest BCUT2D eigenvalue weighted by atomic mass is 10.1. The molecule has 3 nitrogen and oxygen atoms in total. The monoisotopic (exact) mass is 296 g/mol. The van der Waals surface area contributed by atoms with Gasteiger partial charge in [0.05, 0.1) is 22.8 Å². The van der Waals surface area contributed by atoms with E-state index in [0.717, 1.165) is 11.4 Å². The summed E-state index contributed by atoms with van der Waals surface area (Å²) >= 11 is 12.1. The maximum Gasteiger partial charge on any atom is 0.168 e. The second kappa shape index (κ2) is 5.76. The largest absolute Gasteiger partial charge is 0.294 e. The molecule has 0 spiro atoms. The van der Waals surface area contributed by atoms with Gasteiger partial charge in [-0.25, -0.2) is 0 Å². The highest BCUT2D eigenvalue weighted by molar-refractivity contribution is 6.32. The van der Waals surface area contributed by atoms with Gasteiger partial charge in [-0.3, -0.25) is 9.48 Å². The molecule has 1 aromatic carbocycles. The molecule has 0 fully saturated rings. The Kier molecular flexibility index (Phi) is 4.27. The molecule has 0 unspecified atom stereocenters. The summed E-state index contributed by atoms with van der Waals surface area (Å²) < 4.78 is 1.76. The van der Waals surface area contributed by atoms with E-state index in [1.54, 1.807) is 28.9 Å². The van der Waals surface area contributed by atoms with Crippen LogP contribution in [0, 0.1) is 6.92 Å². The van der Waals surface area contributed by atoms with Crippen molar-refractivity contribution in [1.29, 1.82) is 0 Å². The molecular formula is C14H14Cl2N2O. The van der Waals surface area contributed by atoms with Crippen LogP contribution in [0.3, 0.4) is 0 Å². The van der Waals surface area contributed by atoms with Crippen LogP contribution in [0.2, 0.25) is 10.0 Å². The first-order valence-electron chi connectivity index (χ1n) is 6.03. The fourth-order valence-electron chi connectivity index (χ4n) is 1.95. The summed E-state index contributed by atoms with van der Waals surface area (Å²) in [6.07, 6.45) is 0.230. The van der Waals surface area contributed by atoms with Crippen molar-refractivity contribution in [3.05, 3.63) is 51.3 Å². The standard InChI is InChI=1S/C14H14Cl2N2O/c1-3-18-12(14(16)9(2)17-18)8-13(19)10-5-4-6-11(15)7-10/h4-7H,3,8H2,1-2H3. The van der Waals surface area contributed by atoms with Crippen LogP contribution in [-0.2, 0) is 13.0 Å². The predicted molar refractivity (Wildman–Crippen MR) is 77.1 cm³/mol. The summed E-state index contributed by atoms with van der Waals surface area (Å²) in [7, 11) is 0. The van der Waals surface area contributed by atoms with E-state index in [4.69, 9.17) is 23.2 Å². The molecule has 0 aliphatic heterocycles. The van der Waals surface area contributed by atoms with Crippen molar-refractivity contribution in [2.45, 2.75) is 26.8 Å². The Morgan fingerprint density at radius 1 is 1.37 bits per heavy atom. The van der Waals surface area contributed by atoms with Crippen LogP contribution in [0.4, 0.5) is 0 Å². The summed E-state index contributed by atoms with van der Waals surface area (Å²) in [5.41, 5.74) is 2.09. The van der Waals surface area contributed by atoms with Crippen LogP contribution in [-0.4, -0.2) is 15.6 Å². The number of halogens is 2. The van der Waals surface area contributed by atoms with Gasteiger partial charge in [0.2, 0.25) is 0 Å². The van der Waals surface area contributed by atoms with Gasteiger partial charge in [-0.1, -0.05) is 35.3 Å². The molecular weight excluding hydrogens is 283 g/mol. The van der Waals surface area contributed by atoms with Gasteiger partial charge in [0, 0.05) is 17.1 Å². The molecule has 0 amide bonds. The molecule has 0 atom stereocenters. The number of ketones is 1. The van der Waals surface area contributed by atoms with Crippen molar-refractivity contribution in [3.8, 4) is 0 Å². The number of aromatic nitrogens is 2. The molecule has 2 rings (SSSR count). The smallest absolute Gasteiger partial charge is 0.168 e. The molecule has 0 saturated heterocycles. The molecule has 1 heterocycles. The number of hydrogen-bond donors (Lipinski definition) is 0. The minimum atomic E-state index is -0.0148. The Balaban J connectivity index is 2.29. The van der Waals surface area contributed by atoms with Crippen LogP contribution < -0.4 is 0 Å². The van der Waals surface area contributed by atoms with Gasteiger partial charge in [0.25, 0.3) is 0 Å². The zero-order valence-electron chi connectivity index (χ0n) is 10.8. The Labute approximate surface area is 122 Å². The van der Waals surface area contributed by atoms with Crippen molar-refractivity contribution >= 4 is 29.0 Å². The van der Waals surface area contributed by atoms with Gasteiger partial charge in [0.15, 0.2) is 5.78 Å². The lowest BCUT2D eigenvalue weighted by molar-refractivity contribution is 0.0990. The SMILES string of the molecule is CCn1nc(C)c(Cl)c1CC(=O)c1cccc(Cl)c1. The second-order valence-corrected chi connectivity index (χ2v) is 5.09. The van der Waals surface area contributed by atoms with E-state index in [1.807, 2.05) is 13.8 Å². The Morgan fingerprint density at radius 3 is 2.74 bits per heavy atom. The number of benzene rings is 1. The first-order chi connectivity index (χ1) is 9.02. The Morgan fingerprint density at radius 2 is 2.11 bits per heavy atom. The third-order valence-electron chi connectivity index (χ3n) is 2.93. The molecule has 0 aliphatic carbocycles. The zero-order chi connectivity index (χ0) is 14.0. The van der Waals surface area contributed by atoms with Crippen LogP contribution in [0.15, 0.2) is 24.3 Å². The van der Waals surface area contributed by atoms with Crippen molar-refractivity contribution < 1.29 is 4.79 Å². The van der Waals surface area contributed by atoms with Crippen LogP contribution in [0.25, 0.3) is 0 Å². The highest BCUT2D eigenvalue weighted by Crippen LogP contribution is 2.22. The number of rotatable bonds is 4. The molecule has 2 aromatic rings. The average molecular weight is 297 g/mol. The summed E-state index contributed by atoms with van der Waals surface area (Å²) in [5.74, 6) is -0.0148. The van der Waals surface area contributed by atoms with E-state index >= 15 is 0 Å². The van der Waals surface area contributed by atoms with Crippen molar-refractivity contribution in [3.63, 3.8) is 0 Å². The molecule has 0 radical (unpaired) electrons. The van der Waals surface area contributed by atoms with Gasteiger partial charge in [-0.05, 0) is 26.0 Å². The number of aryl methyl sites for hydroxylation is 2. The molecule has 1 aromatic heterocycles. The van der Waals surface area contributed by atoms with E-state index < -0.39 is 0 Å². The van der Waals surface area contributed by atoms with Crippen molar-refractivity contribution in [2.75, 3.05) is 0 Å². The summed E-state index contributed by atoms with van der Waals surface area (Å²) in [4.78, 5) is 12.2. The number of hydrogen-bond acceptors (Lipinski definition) is 2. The third kappa shape index (κ3) is 2.99. The topological polar surface area (TPSA) is 34.9 Å². The van der Waals surface area contributed by atoms with Gasteiger partial charge in [-0.2, -0.15) is 5.10 Å². The van der Waals surface area contributed by atoms with Crippen molar-refractivity contribution in [1.82, 2.24) is 9.78 Å². The third-order valence-corrected chi connectivity index (χ3v) is 3.65.